The Kier molecular flexibility index (Phi) is 3.49. The van der Waals surface area contributed by atoms with Gasteiger partial charge in [-0.25, -0.2) is 4.79 Å². The minimum absolute atomic E-state index is 0.0605. The van der Waals surface area contributed by atoms with Gasteiger partial charge < -0.3 is 9.64 Å². The zero-order valence-electron chi connectivity index (χ0n) is 9.15. The Bertz CT molecular complexity index is 394. The molecule has 0 aromatic heterocycles. The number of amides is 1. The molecule has 0 N–H and O–H groups in total. The van der Waals surface area contributed by atoms with E-state index in [1.54, 1.807) is 4.90 Å². The van der Waals surface area contributed by atoms with Gasteiger partial charge in [-0.05, 0) is 31.0 Å². The summed E-state index contributed by atoms with van der Waals surface area (Å²) in [5.41, 5.74) is 1.12. The van der Waals surface area contributed by atoms with Gasteiger partial charge in [-0.1, -0.05) is 28.1 Å². The maximum absolute atomic E-state index is 11.6. The van der Waals surface area contributed by atoms with Crippen LogP contribution in [-0.2, 0) is 4.74 Å². The topological polar surface area (TPSA) is 29.5 Å². The highest BCUT2D eigenvalue weighted by molar-refractivity contribution is 9.10. The maximum atomic E-state index is 11.6. The van der Waals surface area contributed by atoms with Crippen LogP contribution in [0.1, 0.15) is 24.9 Å². The third-order valence-corrected chi connectivity index (χ3v) is 3.30. The Labute approximate surface area is 104 Å². The predicted octanol–water partition coefficient (Wildman–Crippen LogP) is 3.35. The smallest absolute Gasteiger partial charge is 0.410 e. The van der Waals surface area contributed by atoms with Crippen molar-refractivity contribution in [3.63, 3.8) is 0 Å². The van der Waals surface area contributed by atoms with Crippen LogP contribution < -0.4 is 0 Å². The molecule has 1 aliphatic heterocycles. The van der Waals surface area contributed by atoms with Gasteiger partial charge in [-0.3, -0.25) is 0 Å². The van der Waals surface area contributed by atoms with E-state index in [9.17, 15) is 4.79 Å². The molecule has 0 saturated carbocycles. The van der Waals surface area contributed by atoms with Crippen LogP contribution in [-0.4, -0.2) is 24.1 Å². The minimum atomic E-state index is -0.210. The first-order valence-electron chi connectivity index (χ1n) is 5.37. The molecule has 0 spiro atoms. The lowest BCUT2D eigenvalue weighted by molar-refractivity contribution is 0.0580. The van der Waals surface area contributed by atoms with E-state index >= 15 is 0 Å². The lowest BCUT2D eigenvalue weighted by atomic mass is 10.1. The Hall–Kier alpha value is -1.03. The molecule has 1 saturated heterocycles. The fourth-order valence-electron chi connectivity index (χ4n) is 1.87. The van der Waals surface area contributed by atoms with Crippen molar-refractivity contribution in [1.29, 1.82) is 0 Å². The number of carbonyl (C=O) groups excluding carboxylic acids is 1. The van der Waals surface area contributed by atoms with Gasteiger partial charge in [0.25, 0.3) is 0 Å². The highest BCUT2D eigenvalue weighted by atomic mass is 79.9. The lowest BCUT2D eigenvalue weighted by Crippen LogP contribution is -2.39. The maximum Gasteiger partial charge on any atom is 0.410 e. The summed E-state index contributed by atoms with van der Waals surface area (Å²) in [6, 6.07) is 8.07. The van der Waals surface area contributed by atoms with E-state index in [1.807, 2.05) is 31.2 Å². The second-order valence-electron chi connectivity index (χ2n) is 3.89. The average Bonchev–Trinajstić information content (AvgIpc) is 2.29. The SMILES string of the molecule is CC(c1cccc(Br)c1)N1CCCOC1=O. The molecule has 4 heteroatoms. The van der Waals surface area contributed by atoms with Crippen LogP contribution in [0.5, 0.6) is 0 Å². The van der Waals surface area contributed by atoms with Gasteiger partial charge in [0.15, 0.2) is 0 Å². The molecule has 16 heavy (non-hydrogen) atoms. The number of ether oxygens (including phenoxy) is 1. The van der Waals surface area contributed by atoms with E-state index in [2.05, 4.69) is 15.9 Å². The molecule has 1 aromatic carbocycles. The molecular formula is C12H14BrNO2. The number of halogens is 1. The molecule has 0 bridgehead atoms. The normalized spacial score (nSPS) is 18.1. The van der Waals surface area contributed by atoms with E-state index in [1.165, 1.54) is 0 Å². The fourth-order valence-corrected chi connectivity index (χ4v) is 2.28. The highest BCUT2D eigenvalue weighted by Crippen LogP contribution is 2.25. The Morgan fingerprint density at radius 2 is 2.31 bits per heavy atom. The number of carbonyl (C=O) groups is 1. The molecule has 0 aliphatic carbocycles. The number of hydrogen-bond acceptors (Lipinski definition) is 2. The van der Waals surface area contributed by atoms with Crippen molar-refractivity contribution in [2.75, 3.05) is 13.2 Å². The molecular weight excluding hydrogens is 270 g/mol. The van der Waals surface area contributed by atoms with Gasteiger partial charge in [0, 0.05) is 11.0 Å². The number of rotatable bonds is 2. The molecule has 1 fully saturated rings. The van der Waals surface area contributed by atoms with E-state index in [-0.39, 0.29) is 12.1 Å². The first-order valence-corrected chi connectivity index (χ1v) is 6.16. The largest absolute Gasteiger partial charge is 0.449 e. The second-order valence-corrected chi connectivity index (χ2v) is 4.81. The molecule has 0 radical (unpaired) electrons. The zero-order chi connectivity index (χ0) is 11.5. The van der Waals surface area contributed by atoms with E-state index in [4.69, 9.17) is 4.74 Å². The van der Waals surface area contributed by atoms with Crippen LogP contribution in [0.2, 0.25) is 0 Å². The van der Waals surface area contributed by atoms with Crippen molar-refractivity contribution in [2.45, 2.75) is 19.4 Å². The number of cyclic esters (lactones) is 1. The molecule has 1 unspecified atom stereocenters. The van der Waals surface area contributed by atoms with E-state index in [0.29, 0.717) is 6.61 Å². The Balaban J connectivity index is 2.17. The van der Waals surface area contributed by atoms with Gasteiger partial charge in [-0.2, -0.15) is 0 Å². The van der Waals surface area contributed by atoms with E-state index < -0.39 is 0 Å². The number of hydrogen-bond donors (Lipinski definition) is 0. The standard InChI is InChI=1S/C12H14BrNO2/c1-9(10-4-2-5-11(13)8-10)14-6-3-7-16-12(14)15/h2,4-5,8-9H,3,6-7H2,1H3. The molecule has 1 aromatic rings. The van der Waals surface area contributed by atoms with Crippen molar-refractivity contribution in [3.8, 4) is 0 Å². The van der Waals surface area contributed by atoms with Crippen LogP contribution >= 0.6 is 15.9 Å². The summed E-state index contributed by atoms with van der Waals surface area (Å²) in [4.78, 5) is 13.4. The molecule has 86 valence electrons. The summed E-state index contributed by atoms with van der Waals surface area (Å²) in [6.45, 7) is 3.33. The summed E-state index contributed by atoms with van der Waals surface area (Å²) in [7, 11) is 0. The Morgan fingerprint density at radius 1 is 1.50 bits per heavy atom. The van der Waals surface area contributed by atoms with Gasteiger partial charge >= 0.3 is 6.09 Å². The third-order valence-electron chi connectivity index (χ3n) is 2.80. The zero-order valence-corrected chi connectivity index (χ0v) is 10.7. The van der Waals surface area contributed by atoms with Crippen LogP contribution in [0.25, 0.3) is 0 Å². The third kappa shape index (κ3) is 2.38. The van der Waals surface area contributed by atoms with Crippen LogP contribution in [0, 0.1) is 0 Å². The summed E-state index contributed by atoms with van der Waals surface area (Å²) in [5.74, 6) is 0. The second kappa shape index (κ2) is 4.87. The summed E-state index contributed by atoms with van der Waals surface area (Å²) in [5, 5.41) is 0. The van der Waals surface area contributed by atoms with Crippen LogP contribution in [0.15, 0.2) is 28.7 Å². The number of benzene rings is 1. The molecule has 1 atom stereocenters. The lowest BCUT2D eigenvalue weighted by Gasteiger charge is -2.32. The van der Waals surface area contributed by atoms with Gasteiger partial charge in [0.1, 0.15) is 0 Å². The first-order chi connectivity index (χ1) is 7.68. The summed E-state index contributed by atoms with van der Waals surface area (Å²) >= 11 is 3.43. The van der Waals surface area contributed by atoms with Crippen molar-refractivity contribution in [3.05, 3.63) is 34.3 Å². The van der Waals surface area contributed by atoms with Gasteiger partial charge in [0.2, 0.25) is 0 Å². The molecule has 1 heterocycles. The fraction of sp³-hybridized carbons (Fsp3) is 0.417. The minimum Gasteiger partial charge on any atom is -0.449 e. The van der Waals surface area contributed by atoms with Crippen LogP contribution in [0.3, 0.4) is 0 Å². The van der Waals surface area contributed by atoms with Crippen molar-refractivity contribution in [2.24, 2.45) is 0 Å². The predicted molar refractivity (Wildman–Crippen MR) is 65.2 cm³/mol. The first kappa shape index (κ1) is 11.5. The monoisotopic (exact) mass is 283 g/mol. The number of nitrogens with zero attached hydrogens (tertiary/aromatic N) is 1. The molecule has 1 aliphatic rings. The van der Waals surface area contributed by atoms with E-state index in [0.717, 1.165) is 23.0 Å². The van der Waals surface area contributed by atoms with Gasteiger partial charge in [0.05, 0.1) is 12.6 Å². The van der Waals surface area contributed by atoms with Gasteiger partial charge in [-0.15, -0.1) is 0 Å². The highest BCUT2D eigenvalue weighted by Gasteiger charge is 2.25. The summed E-state index contributed by atoms with van der Waals surface area (Å²) in [6.07, 6.45) is 0.697. The Morgan fingerprint density at radius 3 is 3.00 bits per heavy atom. The van der Waals surface area contributed by atoms with Crippen molar-refractivity contribution in [1.82, 2.24) is 4.90 Å². The average molecular weight is 284 g/mol. The molecule has 2 rings (SSSR count). The van der Waals surface area contributed by atoms with Crippen LogP contribution in [0.4, 0.5) is 4.79 Å². The quantitative estimate of drug-likeness (QED) is 0.833. The molecule has 1 amide bonds. The van der Waals surface area contributed by atoms with Crippen molar-refractivity contribution >= 4 is 22.0 Å². The van der Waals surface area contributed by atoms with Crippen molar-refractivity contribution < 1.29 is 9.53 Å². The molecule has 3 nitrogen and oxygen atoms in total. The summed E-state index contributed by atoms with van der Waals surface area (Å²) < 4.78 is 6.07.